The molecule has 1 aromatic carbocycles. The molecule has 1 fully saturated rings. The number of hydrogen-bond donors (Lipinski definition) is 1. The van der Waals surface area contributed by atoms with E-state index in [0.717, 1.165) is 17.9 Å². The highest BCUT2D eigenvalue weighted by atomic mass is 16.5. The fourth-order valence-electron chi connectivity index (χ4n) is 3.32. The Morgan fingerprint density at radius 2 is 1.85 bits per heavy atom. The van der Waals surface area contributed by atoms with Crippen molar-refractivity contribution in [1.82, 2.24) is 4.90 Å². The topological polar surface area (TPSA) is 106 Å². The Balaban J connectivity index is 1.90. The molecule has 8 nitrogen and oxygen atoms in total. The predicted molar refractivity (Wildman–Crippen MR) is 94.3 cm³/mol. The van der Waals surface area contributed by atoms with Crippen molar-refractivity contribution in [3.05, 3.63) is 58.1 Å². The summed E-state index contributed by atoms with van der Waals surface area (Å²) in [5, 5.41) is 9.62. The van der Waals surface area contributed by atoms with Gasteiger partial charge >= 0.3 is 5.97 Å². The maximum absolute atomic E-state index is 12.7. The number of ether oxygens (including phenoxy) is 2. The molecule has 0 bridgehead atoms. The Hall–Kier alpha value is -3.29. The summed E-state index contributed by atoms with van der Waals surface area (Å²) in [7, 11) is 2.84. The fraction of sp³-hybridized carbons (Fsp3) is 0.316. The summed E-state index contributed by atoms with van der Waals surface area (Å²) in [6.07, 6.45) is 1.07. The number of carboxylic acids is 1. The number of aliphatic carboxylic acids is 1. The number of benzene rings is 1. The highest BCUT2D eigenvalue weighted by Crippen LogP contribution is 2.38. The molecule has 1 N–H and O–H groups in total. The van der Waals surface area contributed by atoms with Gasteiger partial charge in [0, 0.05) is 25.1 Å². The second kappa shape index (κ2) is 7.53. The molecule has 2 atom stereocenters. The van der Waals surface area contributed by atoms with E-state index in [1.165, 1.54) is 19.1 Å². The molecule has 0 unspecified atom stereocenters. The van der Waals surface area contributed by atoms with Crippen LogP contribution >= 0.6 is 0 Å². The number of likely N-dealkylation sites (tertiary alicyclic amines) is 1. The van der Waals surface area contributed by atoms with Crippen molar-refractivity contribution in [2.45, 2.75) is 5.92 Å². The van der Waals surface area contributed by atoms with Crippen LogP contribution in [0.4, 0.5) is 0 Å². The first kappa shape index (κ1) is 18.5. The van der Waals surface area contributed by atoms with Crippen molar-refractivity contribution < 1.29 is 28.6 Å². The minimum atomic E-state index is -1.00. The lowest BCUT2D eigenvalue weighted by Crippen LogP contribution is -2.30. The Morgan fingerprint density at radius 1 is 1.15 bits per heavy atom. The second-order valence-electron chi connectivity index (χ2n) is 6.18. The maximum Gasteiger partial charge on any atom is 0.308 e. The van der Waals surface area contributed by atoms with Gasteiger partial charge in [0.1, 0.15) is 12.0 Å². The first-order valence-corrected chi connectivity index (χ1v) is 8.28. The Morgan fingerprint density at radius 3 is 2.48 bits per heavy atom. The Kier molecular flexibility index (Phi) is 5.16. The van der Waals surface area contributed by atoms with Gasteiger partial charge in [-0.05, 0) is 11.6 Å². The number of para-hydroxylation sites is 1. The minimum Gasteiger partial charge on any atom is -0.496 e. The summed E-state index contributed by atoms with van der Waals surface area (Å²) in [4.78, 5) is 37.7. The molecule has 1 saturated heterocycles. The van der Waals surface area contributed by atoms with Gasteiger partial charge in [-0.3, -0.25) is 14.4 Å². The molecule has 0 radical (unpaired) electrons. The minimum absolute atomic E-state index is 0.00657. The molecule has 1 aliphatic rings. The third kappa shape index (κ3) is 3.51. The normalized spacial score (nSPS) is 19.0. The van der Waals surface area contributed by atoms with Crippen LogP contribution in [0.25, 0.3) is 0 Å². The molecule has 3 rings (SSSR count). The number of amides is 1. The molecule has 1 amide bonds. The summed E-state index contributed by atoms with van der Waals surface area (Å²) in [6.45, 7) is 0.179. The summed E-state index contributed by atoms with van der Waals surface area (Å²) in [6, 6.07) is 8.18. The van der Waals surface area contributed by atoms with Gasteiger partial charge in [0.25, 0.3) is 5.91 Å². The number of carbonyl (C=O) groups is 2. The summed E-state index contributed by atoms with van der Waals surface area (Å²) in [5.74, 6) is -2.38. The zero-order valence-electron chi connectivity index (χ0n) is 14.9. The van der Waals surface area contributed by atoms with Gasteiger partial charge in [-0.25, -0.2) is 0 Å². The number of hydrogen-bond acceptors (Lipinski definition) is 6. The average molecular weight is 373 g/mol. The average Bonchev–Trinajstić information content (AvgIpc) is 3.12. The lowest BCUT2D eigenvalue weighted by Gasteiger charge is -2.18. The van der Waals surface area contributed by atoms with Gasteiger partial charge < -0.3 is 23.9 Å². The van der Waals surface area contributed by atoms with E-state index in [9.17, 15) is 19.5 Å². The van der Waals surface area contributed by atoms with E-state index in [0.29, 0.717) is 5.75 Å². The van der Waals surface area contributed by atoms with Crippen molar-refractivity contribution in [2.75, 3.05) is 27.3 Å². The van der Waals surface area contributed by atoms with Crippen LogP contribution in [0.3, 0.4) is 0 Å². The SMILES string of the molecule is COc1ccccc1[C@H]1CN(C(=O)c2cc(=O)c(OC)co2)C[C@@H]1C(=O)O. The van der Waals surface area contributed by atoms with Crippen LogP contribution in [0, 0.1) is 5.92 Å². The Bertz CT molecular complexity index is 920. The first-order chi connectivity index (χ1) is 13.0. The van der Waals surface area contributed by atoms with Crippen LogP contribution in [0.2, 0.25) is 0 Å². The zero-order chi connectivity index (χ0) is 19.6. The molecule has 27 heavy (non-hydrogen) atoms. The monoisotopic (exact) mass is 373 g/mol. The van der Waals surface area contributed by atoms with E-state index in [2.05, 4.69) is 0 Å². The molecular formula is C19H19NO7. The fourth-order valence-corrected chi connectivity index (χ4v) is 3.32. The van der Waals surface area contributed by atoms with E-state index in [4.69, 9.17) is 13.9 Å². The molecule has 1 aliphatic heterocycles. The third-order valence-corrected chi connectivity index (χ3v) is 4.69. The number of carbonyl (C=O) groups excluding carboxylic acids is 1. The lowest BCUT2D eigenvalue weighted by atomic mass is 9.88. The smallest absolute Gasteiger partial charge is 0.308 e. The molecule has 0 saturated carbocycles. The van der Waals surface area contributed by atoms with Crippen LogP contribution in [-0.4, -0.2) is 49.2 Å². The number of nitrogens with zero attached hydrogens (tertiary/aromatic N) is 1. The summed E-state index contributed by atoms with van der Waals surface area (Å²) >= 11 is 0. The Labute approximate surface area is 154 Å². The van der Waals surface area contributed by atoms with Crippen molar-refractivity contribution in [1.29, 1.82) is 0 Å². The summed E-state index contributed by atoms with van der Waals surface area (Å²) < 4.78 is 15.4. The summed E-state index contributed by atoms with van der Waals surface area (Å²) in [5.41, 5.74) is 0.237. The van der Waals surface area contributed by atoms with Crippen LogP contribution in [-0.2, 0) is 4.79 Å². The molecule has 2 heterocycles. The quantitative estimate of drug-likeness (QED) is 0.848. The predicted octanol–water partition coefficient (Wildman–Crippen LogP) is 1.60. The first-order valence-electron chi connectivity index (χ1n) is 8.28. The second-order valence-corrected chi connectivity index (χ2v) is 6.18. The van der Waals surface area contributed by atoms with Gasteiger partial charge in [-0.1, -0.05) is 18.2 Å². The highest BCUT2D eigenvalue weighted by molar-refractivity contribution is 5.92. The maximum atomic E-state index is 12.7. The number of methoxy groups -OCH3 is 2. The van der Waals surface area contributed by atoms with Crippen LogP contribution < -0.4 is 14.9 Å². The molecule has 142 valence electrons. The van der Waals surface area contributed by atoms with E-state index in [-0.39, 0.29) is 24.6 Å². The van der Waals surface area contributed by atoms with Gasteiger partial charge in [0.2, 0.25) is 11.2 Å². The zero-order valence-corrected chi connectivity index (χ0v) is 14.9. The standard InChI is InChI=1S/C19H19NO7/c1-25-15-6-4-3-5-11(15)12-8-20(9-13(12)19(23)24)18(22)16-7-14(21)17(26-2)10-27-16/h3-7,10,12-13H,8-9H2,1-2H3,(H,23,24)/t12-,13+/m1/s1. The van der Waals surface area contributed by atoms with Crippen LogP contribution in [0.15, 0.2) is 45.8 Å². The van der Waals surface area contributed by atoms with Crippen molar-refractivity contribution in [3.63, 3.8) is 0 Å². The molecule has 0 aliphatic carbocycles. The van der Waals surface area contributed by atoms with Gasteiger partial charge in [0.05, 0.1) is 20.1 Å². The molecule has 2 aromatic rings. The van der Waals surface area contributed by atoms with E-state index >= 15 is 0 Å². The third-order valence-electron chi connectivity index (χ3n) is 4.69. The van der Waals surface area contributed by atoms with E-state index in [1.807, 2.05) is 0 Å². The van der Waals surface area contributed by atoms with Gasteiger partial charge in [0.15, 0.2) is 5.76 Å². The molecule has 1 aromatic heterocycles. The number of rotatable bonds is 5. The van der Waals surface area contributed by atoms with Crippen molar-refractivity contribution in [2.24, 2.45) is 5.92 Å². The van der Waals surface area contributed by atoms with Crippen molar-refractivity contribution in [3.8, 4) is 11.5 Å². The van der Waals surface area contributed by atoms with Crippen LogP contribution in [0.5, 0.6) is 11.5 Å². The number of carboxylic acid groups (broad SMARTS) is 1. The lowest BCUT2D eigenvalue weighted by molar-refractivity contribution is -0.141. The van der Waals surface area contributed by atoms with Gasteiger partial charge in [-0.2, -0.15) is 0 Å². The molecule has 8 heteroatoms. The van der Waals surface area contributed by atoms with Crippen molar-refractivity contribution >= 4 is 11.9 Å². The molecule has 0 spiro atoms. The van der Waals surface area contributed by atoms with Gasteiger partial charge in [-0.15, -0.1) is 0 Å². The van der Waals surface area contributed by atoms with E-state index < -0.39 is 29.1 Å². The molecular weight excluding hydrogens is 354 g/mol. The highest BCUT2D eigenvalue weighted by Gasteiger charge is 2.42. The van der Waals surface area contributed by atoms with Crippen LogP contribution in [0.1, 0.15) is 22.0 Å². The van der Waals surface area contributed by atoms with E-state index in [1.54, 1.807) is 24.3 Å². The largest absolute Gasteiger partial charge is 0.496 e.